The fourth-order valence-electron chi connectivity index (χ4n) is 3.49. The zero-order valence-corrected chi connectivity index (χ0v) is 15.6. The first-order valence-corrected chi connectivity index (χ1v) is 9.17. The summed E-state index contributed by atoms with van der Waals surface area (Å²) in [6.45, 7) is 8.81. The summed E-state index contributed by atoms with van der Waals surface area (Å²) < 4.78 is 13.3. The van der Waals surface area contributed by atoms with E-state index in [-0.39, 0.29) is 0 Å². The molecule has 5 nitrogen and oxygen atoms in total. The molecule has 0 radical (unpaired) electrons. The first-order chi connectivity index (χ1) is 12.2. The lowest BCUT2D eigenvalue weighted by Gasteiger charge is -2.25. The highest BCUT2D eigenvalue weighted by Crippen LogP contribution is 2.20. The molecule has 0 bridgehead atoms. The quantitative estimate of drug-likeness (QED) is 0.736. The number of ether oxygens (including phenoxy) is 2. The monoisotopic (exact) mass is 343 g/mol. The van der Waals surface area contributed by atoms with Gasteiger partial charge in [0.2, 0.25) is 0 Å². The molecular weight excluding hydrogens is 314 g/mol. The number of aromatic nitrogens is 2. The molecule has 0 aliphatic carbocycles. The number of rotatable bonds is 8. The van der Waals surface area contributed by atoms with Crippen LogP contribution in [0.15, 0.2) is 30.5 Å². The molecule has 1 aliphatic heterocycles. The molecule has 0 saturated carbocycles. The SMILES string of the molecule is CCn1ncc(CN(Cc2cccc(OC)c2)CC2CCCO2)c1C. The fraction of sp³-hybridized carbons (Fsp3) is 0.550. The summed E-state index contributed by atoms with van der Waals surface area (Å²) in [5, 5.41) is 4.49. The summed E-state index contributed by atoms with van der Waals surface area (Å²) in [4.78, 5) is 2.47. The minimum Gasteiger partial charge on any atom is -0.497 e. The van der Waals surface area contributed by atoms with E-state index in [1.165, 1.54) is 23.2 Å². The summed E-state index contributed by atoms with van der Waals surface area (Å²) in [5.41, 5.74) is 3.81. The van der Waals surface area contributed by atoms with E-state index in [1.54, 1.807) is 7.11 Å². The number of nitrogens with zero attached hydrogens (tertiary/aromatic N) is 3. The molecule has 1 atom stereocenters. The Hall–Kier alpha value is -1.85. The van der Waals surface area contributed by atoms with Crippen molar-refractivity contribution in [1.82, 2.24) is 14.7 Å². The van der Waals surface area contributed by atoms with Crippen LogP contribution in [0.3, 0.4) is 0 Å². The van der Waals surface area contributed by atoms with Gasteiger partial charge in [-0.05, 0) is 44.4 Å². The molecule has 1 saturated heterocycles. The number of methoxy groups -OCH3 is 1. The third kappa shape index (κ3) is 4.61. The van der Waals surface area contributed by atoms with Crippen molar-refractivity contribution in [3.05, 3.63) is 47.3 Å². The topological polar surface area (TPSA) is 39.5 Å². The summed E-state index contributed by atoms with van der Waals surface area (Å²) in [6, 6.07) is 8.32. The summed E-state index contributed by atoms with van der Waals surface area (Å²) >= 11 is 0. The molecule has 1 aromatic carbocycles. The van der Waals surface area contributed by atoms with Gasteiger partial charge in [-0.2, -0.15) is 5.10 Å². The molecular formula is C20H29N3O2. The number of aryl methyl sites for hydroxylation is 1. The Morgan fingerprint density at radius 1 is 1.36 bits per heavy atom. The lowest BCUT2D eigenvalue weighted by Crippen LogP contribution is -2.31. The molecule has 0 spiro atoms. The highest BCUT2D eigenvalue weighted by atomic mass is 16.5. The Morgan fingerprint density at radius 3 is 2.92 bits per heavy atom. The van der Waals surface area contributed by atoms with Gasteiger partial charge in [0.15, 0.2) is 0 Å². The average molecular weight is 343 g/mol. The second-order valence-electron chi connectivity index (χ2n) is 6.73. The van der Waals surface area contributed by atoms with Gasteiger partial charge in [-0.25, -0.2) is 0 Å². The van der Waals surface area contributed by atoms with Crippen LogP contribution in [0.4, 0.5) is 0 Å². The summed E-state index contributed by atoms with van der Waals surface area (Å²) in [7, 11) is 1.71. The van der Waals surface area contributed by atoms with E-state index < -0.39 is 0 Å². The van der Waals surface area contributed by atoms with Crippen LogP contribution in [0.2, 0.25) is 0 Å². The predicted molar refractivity (Wildman–Crippen MR) is 98.7 cm³/mol. The molecule has 2 heterocycles. The van der Waals surface area contributed by atoms with Crippen molar-refractivity contribution in [3.8, 4) is 5.75 Å². The van der Waals surface area contributed by atoms with E-state index in [0.29, 0.717) is 6.10 Å². The zero-order chi connectivity index (χ0) is 17.6. The maximum absolute atomic E-state index is 5.87. The van der Waals surface area contributed by atoms with Gasteiger partial charge in [-0.15, -0.1) is 0 Å². The van der Waals surface area contributed by atoms with Crippen molar-refractivity contribution in [2.75, 3.05) is 20.3 Å². The van der Waals surface area contributed by atoms with Gasteiger partial charge in [0.05, 0.1) is 19.4 Å². The molecule has 3 rings (SSSR count). The molecule has 2 aromatic rings. The van der Waals surface area contributed by atoms with Crippen LogP contribution >= 0.6 is 0 Å². The lowest BCUT2D eigenvalue weighted by molar-refractivity contribution is 0.0678. The van der Waals surface area contributed by atoms with E-state index >= 15 is 0 Å². The minimum atomic E-state index is 0.340. The van der Waals surface area contributed by atoms with Crippen LogP contribution in [0, 0.1) is 6.92 Å². The first-order valence-electron chi connectivity index (χ1n) is 9.17. The molecule has 1 fully saturated rings. The van der Waals surface area contributed by atoms with Gasteiger partial charge in [0, 0.05) is 44.0 Å². The Bertz CT molecular complexity index is 677. The molecule has 1 aliphatic rings. The minimum absolute atomic E-state index is 0.340. The second-order valence-corrected chi connectivity index (χ2v) is 6.73. The van der Waals surface area contributed by atoms with Crippen molar-refractivity contribution < 1.29 is 9.47 Å². The van der Waals surface area contributed by atoms with Crippen molar-refractivity contribution in [3.63, 3.8) is 0 Å². The van der Waals surface area contributed by atoms with Crippen LogP contribution in [0.5, 0.6) is 5.75 Å². The molecule has 136 valence electrons. The lowest BCUT2D eigenvalue weighted by atomic mass is 10.1. The van der Waals surface area contributed by atoms with Crippen LogP contribution in [-0.2, 0) is 24.4 Å². The Labute approximate surface area is 150 Å². The second kappa shape index (κ2) is 8.50. The van der Waals surface area contributed by atoms with Gasteiger partial charge in [-0.3, -0.25) is 9.58 Å². The molecule has 1 unspecified atom stereocenters. The smallest absolute Gasteiger partial charge is 0.119 e. The van der Waals surface area contributed by atoms with E-state index in [2.05, 4.69) is 46.7 Å². The highest BCUT2D eigenvalue weighted by Gasteiger charge is 2.21. The number of hydrogen-bond donors (Lipinski definition) is 0. The molecule has 1 aromatic heterocycles. The van der Waals surface area contributed by atoms with E-state index in [4.69, 9.17) is 9.47 Å². The van der Waals surface area contributed by atoms with Gasteiger partial charge in [0.25, 0.3) is 0 Å². The highest BCUT2D eigenvalue weighted by molar-refractivity contribution is 5.28. The maximum Gasteiger partial charge on any atom is 0.119 e. The van der Waals surface area contributed by atoms with Crippen LogP contribution in [0.25, 0.3) is 0 Å². The molecule has 25 heavy (non-hydrogen) atoms. The molecule has 0 amide bonds. The van der Waals surface area contributed by atoms with Crippen molar-refractivity contribution >= 4 is 0 Å². The van der Waals surface area contributed by atoms with E-state index in [0.717, 1.165) is 45.0 Å². The van der Waals surface area contributed by atoms with Crippen LogP contribution < -0.4 is 4.74 Å². The Morgan fingerprint density at radius 2 is 2.24 bits per heavy atom. The first kappa shape index (κ1) is 18.0. The van der Waals surface area contributed by atoms with E-state index in [9.17, 15) is 0 Å². The van der Waals surface area contributed by atoms with Gasteiger partial charge in [0.1, 0.15) is 5.75 Å². The van der Waals surface area contributed by atoms with Gasteiger partial charge >= 0.3 is 0 Å². The van der Waals surface area contributed by atoms with Crippen molar-refractivity contribution in [2.24, 2.45) is 0 Å². The van der Waals surface area contributed by atoms with Crippen LogP contribution in [-0.4, -0.2) is 41.0 Å². The fourth-order valence-corrected chi connectivity index (χ4v) is 3.49. The summed E-state index contributed by atoms with van der Waals surface area (Å²) in [5.74, 6) is 0.907. The van der Waals surface area contributed by atoms with Crippen molar-refractivity contribution in [1.29, 1.82) is 0 Å². The normalized spacial score (nSPS) is 17.4. The number of benzene rings is 1. The maximum atomic E-state index is 5.87. The number of hydrogen-bond acceptors (Lipinski definition) is 4. The Balaban J connectivity index is 1.74. The zero-order valence-electron chi connectivity index (χ0n) is 15.6. The van der Waals surface area contributed by atoms with Gasteiger partial charge < -0.3 is 9.47 Å². The molecule has 5 heteroatoms. The third-order valence-corrected chi connectivity index (χ3v) is 4.92. The van der Waals surface area contributed by atoms with E-state index in [1.807, 2.05) is 12.3 Å². The summed E-state index contributed by atoms with van der Waals surface area (Å²) in [6.07, 6.45) is 4.67. The van der Waals surface area contributed by atoms with Crippen LogP contribution in [0.1, 0.15) is 36.6 Å². The third-order valence-electron chi connectivity index (χ3n) is 4.92. The largest absolute Gasteiger partial charge is 0.497 e. The standard InChI is InChI=1S/C20H29N3O2/c1-4-23-16(2)18(12-21-23)14-22(15-20-9-6-10-25-20)13-17-7-5-8-19(11-17)24-3/h5,7-8,11-12,20H,4,6,9-10,13-15H2,1-3H3. The van der Waals surface area contributed by atoms with Gasteiger partial charge in [-0.1, -0.05) is 12.1 Å². The average Bonchev–Trinajstić information content (AvgIpc) is 3.25. The Kier molecular flexibility index (Phi) is 6.10. The van der Waals surface area contributed by atoms with Crippen molar-refractivity contribution in [2.45, 2.75) is 52.4 Å². The molecule has 0 N–H and O–H groups in total. The predicted octanol–water partition coefficient (Wildman–Crippen LogP) is 3.40.